The van der Waals surface area contributed by atoms with E-state index in [1.165, 1.54) is 0 Å². The Kier molecular flexibility index (Phi) is 5.31. The molecule has 1 saturated heterocycles. The predicted octanol–water partition coefficient (Wildman–Crippen LogP) is 3.03. The van der Waals surface area contributed by atoms with Crippen LogP contribution in [0, 0.1) is 5.92 Å². The van der Waals surface area contributed by atoms with Gasteiger partial charge < -0.3 is 15.3 Å². The summed E-state index contributed by atoms with van der Waals surface area (Å²) < 4.78 is 0. The highest BCUT2D eigenvalue weighted by atomic mass is 32.2. The van der Waals surface area contributed by atoms with Crippen molar-refractivity contribution in [2.75, 3.05) is 24.7 Å². The number of piperidine rings is 1. The van der Waals surface area contributed by atoms with E-state index in [9.17, 15) is 9.90 Å². The second kappa shape index (κ2) is 6.99. The first-order chi connectivity index (χ1) is 9.60. The molecular weight excluding hydrogens is 272 g/mol. The van der Waals surface area contributed by atoms with E-state index in [4.69, 9.17) is 0 Å². The number of urea groups is 1. The lowest BCUT2D eigenvalue weighted by molar-refractivity contribution is 0.0766. The van der Waals surface area contributed by atoms with Gasteiger partial charge in [0.1, 0.15) is 0 Å². The Bertz CT molecular complexity index is 465. The average Bonchev–Trinajstić information content (AvgIpc) is 2.47. The molecule has 1 heterocycles. The lowest BCUT2D eigenvalue weighted by atomic mass is 9.94. The number of hydrogen-bond acceptors (Lipinski definition) is 3. The number of rotatable bonds is 3. The number of hydrogen-bond donors (Lipinski definition) is 2. The van der Waals surface area contributed by atoms with Gasteiger partial charge in [-0.15, -0.1) is 11.8 Å². The maximum Gasteiger partial charge on any atom is 0.321 e. The summed E-state index contributed by atoms with van der Waals surface area (Å²) in [6, 6.07) is 7.75. The molecule has 5 heteroatoms. The topological polar surface area (TPSA) is 52.6 Å². The highest BCUT2D eigenvalue weighted by Gasteiger charge is 2.26. The molecule has 1 fully saturated rings. The molecule has 4 nitrogen and oxygen atoms in total. The van der Waals surface area contributed by atoms with E-state index >= 15 is 0 Å². The van der Waals surface area contributed by atoms with Crippen LogP contribution in [-0.4, -0.2) is 41.5 Å². The fourth-order valence-corrected chi connectivity index (χ4v) is 2.95. The number of thioether (sulfide) groups is 1. The van der Waals surface area contributed by atoms with E-state index in [0.717, 1.165) is 30.0 Å². The van der Waals surface area contributed by atoms with Gasteiger partial charge in [0.25, 0.3) is 0 Å². The average molecular weight is 294 g/mol. The fourth-order valence-electron chi connectivity index (χ4n) is 2.49. The summed E-state index contributed by atoms with van der Waals surface area (Å²) in [5, 5.41) is 12.6. The number of carbonyl (C=O) groups excluding carboxylic acids is 1. The molecule has 110 valence electrons. The largest absolute Gasteiger partial charge is 0.393 e. The van der Waals surface area contributed by atoms with Gasteiger partial charge in [0.05, 0.1) is 6.10 Å². The molecule has 0 radical (unpaired) electrons. The van der Waals surface area contributed by atoms with Crippen molar-refractivity contribution in [1.29, 1.82) is 0 Å². The van der Waals surface area contributed by atoms with Crippen molar-refractivity contribution in [2.45, 2.75) is 30.8 Å². The van der Waals surface area contributed by atoms with E-state index in [-0.39, 0.29) is 18.1 Å². The molecule has 2 N–H and O–H groups in total. The Balaban J connectivity index is 1.97. The van der Waals surface area contributed by atoms with Crippen molar-refractivity contribution in [3.05, 3.63) is 24.3 Å². The van der Waals surface area contributed by atoms with E-state index in [2.05, 4.69) is 5.32 Å². The summed E-state index contributed by atoms with van der Waals surface area (Å²) in [7, 11) is 0. The first-order valence-electron chi connectivity index (χ1n) is 6.98. The van der Waals surface area contributed by atoms with Crippen molar-refractivity contribution in [3.63, 3.8) is 0 Å². The van der Waals surface area contributed by atoms with E-state index < -0.39 is 0 Å². The highest BCUT2D eigenvalue weighted by molar-refractivity contribution is 7.98. The Hall–Kier alpha value is -1.20. The monoisotopic (exact) mass is 294 g/mol. The maximum absolute atomic E-state index is 12.3. The van der Waals surface area contributed by atoms with Gasteiger partial charge in [0, 0.05) is 29.6 Å². The number of aliphatic hydroxyl groups is 1. The van der Waals surface area contributed by atoms with Crippen LogP contribution >= 0.6 is 11.8 Å². The SMILES string of the molecule is CSc1cccc(NC(=O)N2CCCC(C(C)O)C2)c1. The molecule has 0 bridgehead atoms. The molecule has 2 amide bonds. The van der Waals surface area contributed by atoms with Gasteiger partial charge in [0.2, 0.25) is 0 Å². The van der Waals surface area contributed by atoms with E-state index in [1.54, 1.807) is 23.6 Å². The molecule has 2 unspecified atom stereocenters. The molecule has 0 aromatic heterocycles. The smallest absolute Gasteiger partial charge is 0.321 e. The fraction of sp³-hybridized carbons (Fsp3) is 0.533. The molecule has 2 atom stereocenters. The molecule has 2 rings (SSSR count). The molecule has 0 spiro atoms. The number of nitrogens with zero attached hydrogens (tertiary/aromatic N) is 1. The Morgan fingerprint density at radius 1 is 1.55 bits per heavy atom. The van der Waals surface area contributed by atoms with Crippen molar-refractivity contribution in [2.24, 2.45) is 5.92 Å². The van der Waals surface area contributed by atoms with Crippen LogP contribution < -0.4 is 5.32 Å². The summed E-state index contributed by atoms with van der Waals surface area (Å²) >= 11 is 1.65. The van der Waals surface area contributed by atoms with Gasteiger partial charge in [-0.25, -0.2) is 4.79 Å². The van der Waals surface area contributed by atoms with E-state index in [1.807, 2.05) is 30.5 Å². The zero-order valence-electron chi connectivity index (χ0n) is 12.0. The number of aliphatic hydroxyl groups excluding tert-OH is 1. The summed E-state index contributed by atoms with van der Waals surface area (Å²) in [4.78, 5) is 15.2. The van der Waals surface area contributed by atoms with Crippen LogP contribution in [0.5, 0.6) is 0 Å². The third-order valence-corrected chi connectivity index (χ3v) is 4.47. The van der Waals surface area contributed by atoms with Crippen molar-refractivity contribution in [1.82, 2.24) is 4.90 Å². The Morgan fingerprint density at radius 3 is 3.05 bits per heavy atom. The number of anilines is 1. The lowest BCUT2D eigenvalue weighted by Crippen LogP contribution is -2.44. The summed E-state index contributed by atoms with van der Waals surface area (Å²) in [5.74, 6) is 0.187. The van der Waals surface area contributed by atoms with Crippen molar-refractivity contribution >= 4 is 23.5 Å². The van der Waals surface area contributed by atoms with Gasteiger partial charge in [-0.3, -0.25) is 0 Å². The van der Waals surface area contributed by atoms with E-state index in [0.29, 0.717) is 6.54 Å². The molecular formula is C15H22N2O2S. The third-order valence-electron chi connectivity index (χ3n) is 3.75. The minimum atomic E-state index is -0.356. The van der Waals surface area contributed by atoms with Gasteiger partial charge >= 0.3 is 6.03 Å². The standard InChI is InChI=1S/C15H22N2O2S/c1-11(18)12-5-4-8-17(10-12)15(19)16-13-6-3-7-14(9-13)20-2/h3,6-7,9,11-12,18H,4-5,8,10H2,1-2H3,(H,16,19). The zero-order valence-corrected chi connectivity index (χ0v) is 12.8. The molecule has 0 saturated carbocycles. The van der Waals surface area contributed by atoms with Crippen LogP contribution in [0.2, 0.25) is 0 Å². The van der Waals surface area contributed by atoms with Crippen LogP contribution in [0.4, 0.5) is 10.5 Å². The van der Waals surface area contributed by atoms with Crippen LogP contribution in [-0.2, 0) is 0 Å². The number of carbonyl (C=O) groups is 1. The van der Waals surface area contributed by atoms with Crippen LogP contribution in [0.3, 0.4) is 0 Å². The first-order valence-corrected chi connectivity index (χ1v) is 8.20. The van der Waals surface area contributed by atoms with Gasteiger partial charge in [0.15, 0.2) is 0 Å². The molecule has 1 aliphatic rings. The number of likely N-dealkylation sites (tertiary alicyclic amines) is 1. The first kappa shape index (κ1) is 15.2. The second-order valence-corrected chi connectivity index (χ2v) is 6.13. The molecule has 1 aliphatic heterocycles. The van der Waals surface area contributed by atoms with Gasteiger partial charge in [-0.2, -0.15) is 0 Å². The number of amides is 2. The second-order valence-electron chi connectivity index (χ2n) is 5.25. The van der Waals surface area contributed by atoms with Crippen molar-refractivity contribution in [3.8, 4) is 0 Å². The quantitative estimate of drug-likeness (QED) is 0.843. The Morgan fingerprint density at radius 2 is 2.35 bits per heavy atom. The molecule has 0 aliphatic carbocycles. The number of nitrogens with one attached hydrogen (secondary N) is 1. The van der Waals surface area contributed by atoms with Crippen LogP contribution in [0.25, 0.3) is 0 Å². The maximum atomic E-state index is 12.3. The van der Waals surface area contributed by atoms with Gasteiger partial charge in [-0.05, 0) is 44.2 Å². The predicted molar refractivity (Wildman–Crippen MR) is 83.2 cm³/mol. The summed E-state index contributed by atoms with van der Waals surface area (Å²) in [6.07, 6.45) is 3.60. The minimum Gasteiger partial charge on any atom is -0.393 e. The zero-order chi connectivity index (χ0) is 14.5. The summed E-state index contributed by atoms with van der Waals surface area (Å²) in [6.45, 7) is 3.19. The Labute approximate surface area is 124 Å². The molecule has 1 aromatic rings. The van der Waals surface area contributed by atoms with Crippen LogP contribution in [0.15, 0.2) is 29.2 Å². The summed E-state index contributed by atoms with van der Waals surface area (Å²) in [5.41, 5.74) is 0.820. The number of benzene rings is 1. The normalized spacial score (nSPS) is 20.6. The highest BCUT2D eigenvalue weighted by Crippen LogP contribution is 2.22. The third kappa shape index (κ3) is 3.90. The van der Waals surface area contributed by atoms with Crippen molar-refractivity contribution < 1.29 is 9.90 Å². The molecule has 1 aromatic carbocycles. The molecule has 20 heavy (non-hydrogen) atoms. The lowest BCUT2D eigenvalue weighted by Gasteiger charge is -2.34. The minimum absolute atomic E-state index is 0.0754. The van der Waals surface area contributed by atoms with Gasteiger partial charge in [-0.1, -0.05) is 6.07 Å². The van der Waals surface area contributed by atoms with Crippen LogP contribution in [0.1, 0.15) is 19.8 Å².